The van der Waals surface area contributed by atoms with Gasteiger partial charge in [-0.05, 0) is 48.5 Å². The molecule has 0 amide bonds. The molecule has 0 bridgehead atoms. The van der Waals surface area contributed by atoms with Gasteiger partial charge in [-0.3, -0.25) is 0 Å². The van der Waals surface area contributed by atoms with Crippen LogP contribution in [0.5, 0.6) is 0 Å². The van der Waals surface area contributed by atoms with Crippen molar-refractivity contribution in [3.8, 4) is 0 Å². The van der Waals surface area contributed by atoms with Crippen molar-refractivity contribution in [3.63, 3.8) is 0 Å². The van der Waals surface area contributed by atoms with Gasteiger partial charge in [-0.15, -0.1) is 0 Å². The Hall–Kier alpha value is -3.92. The molecule has 0 nitrogen and oxygen atoms in total. The molecule has 0 fully saturated rings. The topological polar surface area (TPSA) is 0 Å². The minimum atomic E-state index is 1.24. The lowest BCUT2D eigenvalue weighted by Crippen LogP contribution is -2.26. The van der Waals surface area contributed by atoms with E-state index in [4.69, 9.17) is 0 Å². The van der Waals surface area contributed by atoms with Crippen molar-refractivity contribution in [3.05, 3.63) is 182 Å². The minimum absolute atomic E-state index is 1.24. The summed E-state index contributed by atoms with van der Waals surface area (Å²) in [4.78, 5) is 5.14. The molecule has 0 saturated heterocycles. The molecule has 1 radical (unpaired) electrons. The number of hydrogen-bond donors (Lipinski definition) is 0. The van der Waals surface area contributed by atoms with E-state index in [-0.39, 0.29) is 0 Å². The molecule has 3 heteroatoms. The smallest absolute Gasteiger partial charge is 0.0901 e. The Labute approximate surface area is 434 Å². The highest BCUT2D eigenvalue weighted by Gasteiger charge is 1.96. The Morgan fingerprint density at radius 3 is 0.433 bits per heavy atom. The zero-order chi connectivity index (χ0) is 54.8. The van der Waals surface area contributed by atoms with E-state index >= 15 is 0 Å². The Kier molecular flexibility index (Phi) is 140. The molecule has 0 heterocycles. The molecule has 6 aromatic carbocycles. The molecule has 0 unspecified atom stereocenters. The Morgan fingerprint density at radius 1 is 0.179 bits per heavy atom. The molecule has 0 atom stereocenters. The van der Waals surface area contributed by atoms with Gasteiger partial charge >= 0.3 is 0 Å². The molecule has 0 aliphatic carbocycles. The minimum Gasteiger partial charge on any atom is -0.0901 e. The summed E-state index contributed by atoms with van der Waals surface area (Å²) < 4.78 is 0. The molecular formula is C64H114BS2. The van der Waals surface area contributed by atoms with Crippen LogP contribution in [0.2, 0.25) is 0 Å². The van der Waals surface area contributed by atoms with Gasteiger partial charge in [0.1, 0.15) is 0 Å². The first-order valence-electron chi connectivity index (χ1n) is 26.9. The monoisotopic (exact) mass is 958 g/mol. The van der Waals surface area contributed by atoms with Gasteiger partial charge in [-0.2, -0.15) is 0 Å². The second kappa shape index (κ2) is 104. The zero-order valence-electron chi connectivity index (χ0n) is 49.7. The largest absolute Gasteiger partial charge is 0.191 e. The molecule has 0 spiro atoms. The van der Waals surface area contributed by atoms with Gasteiger partial charge in [0, 0.05) is 19.6 Å². The number of benzene rings is 6. The third kappa shape index (κ3) is 71.3. The summed E-state index contributed by atoms with van der Waals surface area (Å²) in [6.45, 7) is 56.0. The molecule has 6 aromatic rings. The molecule has 0 aliphatic heterocycles. The predicted molar refractivity (Wildman–Crippen MR) is 331 cm³/mol. The number of rotatable bonds is 6. The molecule has 0 saturated carbocycles. The molecule has 385 valence electrons. The molecular weight excluding hydrogens is 844 g/mol. The highest BCUT2D eigenvalue weighted by Crippen LogP contribution is 2.27. The van der Waals surface area contributed by atoms with E-state index in [1.165, 1.54) is 30.5 Å². The summed E-state index contributed by atoms with van der Waals surface area (Å²) in [6, 6.07) is 62.3. The summed E-state index contributed by atoms with van der Waals surface area (Å²) in [5, 5.41) is 0. The first kappa shape index (κ1) is 89.6. The van der Waals surface area contributed by atoms with Gasteiger partial charge in [0.05, 0.1) is 0 Å². The van der Waals surface area contributed by atoms with Gasteiger partial charge in [0.15, 0.2) is 7.28 Å². The lowest BCUT2D eigenvalue weighted by Gasteiger charge is -1.99. The standard InChI is InChI=1S/C12H10B.2C12H10S.14C2H6/c3*1-3-7-11(8-4-1)13-12-9-5-2-6-10-12;14*1-2/h3*1-10H;14*1-2H3. The van der Waals surface area contributed by atoms with Gasteiger partial charge < -0.3 is 0 Å². The van der Waals surface area contributed by atoms with Crippen LogP contribution >= 0.6 is 23.5 Å². The molecule has 0 aliphatic rings. The number of hydrogen-bond acceptors (Lipinski definition) is 2. The van der Waals surface area contributed by atoms with E-state index in [2.05, 4.69) is 153 Å². The third-order valence-corrected chi connectivity index (χ3v) is 7.41. The summed E-state index contributed by atoms with van der Waals surface area (Å²) in [6.07, 6.45) is 0. The quantitative estimate of drug-likeness (QED) is 0.153. The maximum Gasteiger partial charge on any atom is 0.191 e. The van der Waals surface area contributed by atoms with Crippen molar-refractivity contribution < 1.29 is 0 Å². The van der Waals surface area contributed by atoms with Crippen LogP contribution in [0.15, 0.2) is 202 Å². The van der Waals surface area contributed by atoms with Gasteiger partial charge in [-0.1, -0.05) is 362 Å². The fraction of sp³-hybridized carbons (Fsp3) is 0.438. The van der Waals surface area contributed by atoms with Gasteiger partial charge in [0.2, 0.25) is 0 Å². The zero-order valence-corrected chi connectivity index (χ0v) is 51.3. The van der Waals surface area contributed by atoms with Gasteiger partial charge in [0.25, 0.3) is 0 Å². The SMILES string of the molecule is CC.CC.CC.CC.CC.CC.CC.CC.CC.CC.CC.CC.CC.CC.[B](c1ccccc1)c1ccccc1.c1ccc(Sc2ccccc2)cc1.c1ccc(Sc2ccccc2)cc1. The van der Waals surface area contributed by atoms with E-state index < -0.39 is 0 Å². The van der Waals surface area contributed by atoms with E-state index in [0.717, 1.165) is 0 Å². The average molecular weight is 959 g/mol. The van der Waals surface area contributed by atoms with Crippen LogP contribution in [-0.4, -0.2) is 7.28 Å². The second-order valence-corrected chi connectivity index (χ2v) is 10.7. The van der Waals surface area contributed by atoms with Crippen molar-refractivity contribution in [2.75, 3.05) is 0 Å². The average Bonchev–Trinajstić information content (AvgIpc) is 3.48. The fourth-order valence-electron chi connectivity index (χ4n) is 3.52. The van der Waals surface area contributed by atoms with Crippen molar-refractivity contribution in [2.24, 2.45) is 0 Å². The maximum atomic E-state index is 2.17. The van der Waals surface area contributed by atoms with Crippen LogP contribution in [-0.2, 0) is 0 Å². The van der Waals surface area contributed by atoms with Crippen molar-refractivity contribution >= 4 is 41.7 Å². The molecule has 67 heavy (non-hydrogen) atoms. The Bertz CT molecular complexity index is 1140. The summed E-state index contributed by atoms with van der Waals surface area (Å²) in [5.74, 6) is 0. The Balaban J connectivity index is -0.0000000618. The van der Waals surface area contributed by atoms with E-state index in [0.29, 0.717) is 0 Å². The summed E-state index contributed by atoms with van der Waals surface area (Å²) in [7, 11) is 2.17. The third-order valence-electron chi connectivity index (χ3n) is 5.38. The van der Waals surface area contributed by atoms with Crippen molar-refractivity contribution in [1.82, 2.24) is 0 Å². The summed E-state index contributed by atoms with van der Waals surface area (Å²) in [5.41, 5.74) is 2.49. The lowest BCUT2D eigenvalue weighted by molar-refractivity contribution is 1.41. The van der Waals surface area contributed by atoms with Crippen LogP contribution in [0.1, 0.15) is 194 Å². The van der Waals surface area contributed by atoms with Crippen molar-refractivity contribution in [2.45, 2.75) is 213 Å². The van der Waals surface area contributed by atoms with Crippen LogP contribution in [0.25, 0.3) is 0 Å². The predicted octanol–water partition coefficient (Wildman–Crippen LogP) is 23.4. The molecule has 0 N–H and O–H groups in total. The van der Waals surface area contributed by atoms with Crippen LogP contribution in [0.4, 0.5) is 0 Å². The van der Waals surface area contributed by atoms with E-state index in [1.807, 2.05) is 230 Å². The van der Waals surface area contributed by atoms with E-state index in [1.54, 1.807) is 23.5 Å². The first-order chi connectivity index (χ1) is 33.3. The summed E-state index contributed by atoms with van der Waals surface area (Å²) >= 11 is 3.58. The fourth-order valence-corrected chi connectivity index (χ4v) is 5.23. The normalized spacial score (nSPS) is 6.93. The van der Waals surface area contributed by atoms with Gasteiger partial charge in [-0.25, -0.2) is 0 Å². The highest BCUT2D eigenvalue weighted by molar-refractivity contribution is 7.99. The highest BCUT2D eigenvalue weighted by atomic mass is 32.2. The van der Waals surface area contributed by atoms with Crippen LogP contribution in [0.3, 0.4) is 0 Å². The Morgan fingerprint density at radius 2 is 0.299 bits per heavy atom. The van der Waals surface area contributed by atoms with Crippen LogP contribution in [0, 0.1) is 0 Å². The lowest BCUT2D eigenvalue weighted by atomic mass is 9.64. The maximum absolute atomic E-state index is 2.17. The first-order valence-corrected chi connectivity index (χ1v) is 28.5. The molecule has 0 aromatic heterocycles. The van der Waals surface area contributed by atoms with E-state index in [9.17, 15) is 0 Å². The van der Waals surface area contributed by atoms with Crippen LogP contribution < -0.4 is 10.9 Å². The van der Waals surface area contributed by atoms with Crippen molar-refractivity contribution in [1.29, 1.82) is 0 Å². The second-order valence-electron chi connectivity index (χ2n) is 8.42. The molecule has 6 rings (SSSR count).